The molecule has 0 spiro atoms. The van der Waals surface area contributed by atoms with Crippen LogP contribution in [0.5, 0.6) is 5.75 Å². The van der Waals surface area contributed by atoms with Crippen molar-refractivity contribution in [2.24, 2.45) is 0 Å². The molecule has 0 fully saturated rings. The number of nitrogens with zero attached hydrogens (tertiary/aromatic N) is 1. The maximum atomic E-state index is 13.1. The monoisotopic (exact) mass is 396 g/mol. The highest BCUT2D eigenvalue weighted by atomic mass is 16.5. The van der Waals surface area contributed by atoms with Crippen LogP contribution in [-0.2, 0) is 22.6 Å². The molecule has 0 unspecified atom stereocenters. The molecular weight excluding hydrogens is 364 g/mol. The Bertz CT molecular complexity index is 774. The Morgan fingerprint density at radius 2 is 1.66 bits per heavy atom. The van der Waals surface area contributed by atoms with Gasteiger partial charge >= 0.3 is 0 Å². The average molecular weight is 397 g/mol. The van der Waals surface area contributed by atoms with Gasteiger partial charge in [-0.15, -0.1) is 0 Å². The zero-order valence-electron chi connectivity index (χ0n) is 17.9. The van der Waals surface area contributed by atoms with Crippen molar-refractivity contribution in [3.8, 4) is 5.75 Å². The molecule has 0 aliphatic heterocycles. The molecule has 0 heterocycles. The number of amides is 2. The molecular formula is C24H32N2O3. The summed E-state index contributed by atoms with van der Waals surface area (Å²) >= 11 is 0. The lowest BCUT2D eigenvalue weighted by Gasteiger charge is -2.30. The predicted octanol–water partition coefficient (Wildman–Crippen LogP) is 3.96. The van der Waals surface area contributed by atoms with Gasteiger partial charge in [0.1, 0.15) is 11.8 Å². The number of hydrogen-bond donors (Lipinski definition) is 1. The first-order valence-electron chi connectivity index (χ1n) is 10.2. The minimum absolute atomic E-state index is 0.0310. The number of carbonyl (C=O) groups excluding carboxylic acids is 2. The van der Waals surface area contributed by atoms with Gasteiger partial charge in [0.2, 0.25) is 11.8 Å². The standard InChI is InChI=1S/C24H32N2O3/c1-5-18(2)25-24(28)19(3)26(17-21-11-14-22(29-4)15-12-21)23(27)16-13-20-9-7-6-8-10-20/h6-12,14-15,18-19H,5,13,16-17H2,1-4H3,(H,25,28)/t18-,19-/m1/s1. The summed E-state index contributed by atoms with van der Waals surface area (Å²) in [5, 5.41) is 2.99. The van der Waals surface area contributed by atoms with Gasteiger partial charge in [0, 0.05) is 19.0 Å². The third-order valence-corrected chi connectivity index (χ3v) is 5.15. The van der Waals surface area contributed by atoms with Crippen molar-refractivity contribution in [2.45, 2.75) is 58.7 Å². The summed E-state index contributed by atoms with van der Waals surface area (Å²) in [6.07, 6.45) is 1.86. The number of rotatable bonds is 10. The topological polar surface area (TPSA) is 58.6 Å². The number of hydrogen-bond acceptors (Lipinski definition) is 3. The second-order valence-corrected chi connectivity index (χ2v) is 7.35. The lowest BCUT2D eigenvalue weighted by atomic mass is 10.1. The highest BCUT2D eigenvalue weighted by Crippen LogP contribution is 2.16. The van der Waals surface area contributed by atoms with Crippen LogP contribution in [0.15, 0.2) is 54.6 Å². The van der Waals surface area contributed by atoms with Gasteiger partial charge in [-0.05, 0) is 49.9 Å². The van der Waals surface area contributed by atoms with Crippen LogP contribution in [-0.4, -0.2) is 35.9 Å². The highest BCUT2D eigenvalue weighted by molar-refractivity contribution is 5.87. The Morgan fingerprint density at radius 3 is 2.24 bits per heavy atom. The molecule has 0 radical (unpaired) electrons. The number of carbonyl (C=O) groups is 2. The first-order chi connectivity index (χ1) is 13.9. The smallest absolute Gasteiger partial charge is 0.242 e. The molecule has 2 atom stereocenters. The van der Waals surface area contributed by atoms with E-state index < -0.39 is 6.04 Å². The molecule has 29 heavy (non-hydrogen) atoms. The van der Waals surface area contributed by atoms with E-state index in [9.17, 15) is 9.59 Å². The SMILES string of the molecule is CC[C@@H](C)NC(=O)[C@@H](C)N(Cc1ccc(OC)cc1)C(=O)CCc1ccccc1. The molecule has 2 amide bonds. The summed E-state index contributed by atoms with van der Waals surface area (Å²) in [5.74, 6) is 0.607. The summed E-state index contributed by atoms with van der Waals surface area (Å²) in [5.41, 5.74) is 2.07. The molecule has 5 nitrogen and oxygen atoms in total. The number of ether oxygens (including phenoxy) is 1. The van der Waals surface area contributed by atoms with Crippen molar-refractivity contribution >= 4 is 11.8 Å². The Morgan fingerprint density at radius 1 is 1.00 bits per heavy atom. The van der Waals surface area contributed by atoms with Crippen LogP contribution in [0, 0.1) is 0 Å². The Labute approximate surface area is 174 Å². The summed E-state index contributed by atoms with van der Waals surface area (Å²) < 4.78 is 5.21. The van der Waals surface area contributed by atoms with Crippen LogP contribution in [0.3, 0.4) is 0 Å². The van der Waals surface area contributed by atoms with Crippen LogP contribution >= 0.6 is 0 Å². The van der Waals surface area contributed by atoms with Gasteiger partial charge in [-0.2, -0.15) is 0 Å². The summed E-state index contributed by atoms with van der Waals surface area (Å²) in [7, 11) is 1.62. The van der Waals surface area contributed by atoms with E-state index >= 15 is 0 Å². The zero-order chi connectivity index (χ0) is 21.2. The summed E-state index contributed by atoms with van der Waals surface area (Å²) in [6.45, 7) is 6.17. The maximum absolute atomic E-state index is 13.1. The van der Waals surface area contributed by atoms with Crippen LogP contribution in [0.25, 0.3) is 0 Å². The fourth-order valence-electron chi connectivity index (χ4n) is 3.02. The first kappa shape index (κ1) is 22.5. The molecule has 2 aromatic rings. The van der Waals surface area contributed by atoms with E-state index in [1.165, 1.54) is 0 Å². The van der Waals surface area contributed by atoms with E-state index in [1.807, 2.05) is 68.4 Å². The fourth-order valence-corrected chi connectivity index (χ4v) is 3.02. The van der Waals surface area contributed by atoms with Gasteiger partial charge in [0.05, 0.1) is 7.11 Å². The minimum Gasteiger partial charge on any atom is -0.497 e. The maximum Gasteiger partial charge on any atom is 0.242 e. The van der Waals surface area contributed by atoms with Gasteiger partial charge in [-0.25, -0.2) is 0 Å². The number of methoxy groups -OCH3 is 1. The first-order valence-corrected chi connectivity index (χ1v) is 10.2. The van der Waals surface area contributed by atoms with Gasteiger partial charge in [0.25, 0.3) is 0 Å². The molecule has 0 aliphatic rings. The number of nitrogens with one attached hydrogen (secondary N) is 1. The minimum atomic E-state index is -0.547. The third-order valence-electron chi connectivity index (χ3n) is 5.15. The Hall–Kier alpha value is -2.82. The third kappa shape index (κ3) is 6.93. The Kier molecular flexibility index (Phi) is 8.71. The highest BCUT2D eigenvalue weighted by Gasteiger charge is 2.26. The molecule has 1 N–H and O–H groups in total. The van der Waals surface area contributed by atoms with Crippen LogP contribution in [0.2, 0.25) is 0 Å². The van der Waals surface area contributed by atoms with Crippen molar-refractivity contribution in [1.82, 2.24) is 10.2 Å². The molecule has 0 aromatic heterocycles. The van der Waals surface area contributed by atoms with E-state index in [0.717, 1.165) is 23.3 Å². The second-order valence-electron chi connectivity index (χ2n) is 7.35. The largest absolute Gasteiger partial charge is 0.497 e. The van der Waals surface area contributed by atoms with Crippen molar-refractivity contribution in [2.75, 3.05) is 7.11 Å². The molecule has 5 heteroatoms. The molecule has 2 aromatic carbocycles. The molecule has 156 valence electrons. The van der Waals surface area contributed by atoms with Crippen LogP contribution < -0.4 is 10.1 Å². The van der Waals surface area contributed by atoms with Gasteiger partial charge in [-0.3, -0.25) is 9.59 Å². The van der Waals surface area contributed by atoms with E-state index in [-0.39, 0.29) is 17.9 Å². The van der Waals surface area contributed by atoms with Crippen molar-refractivity contribution in [1.29, 1.82) is 0 Å². The zero-order valence-corrected chi connectivity index (χ0v) is 17.9. The summed E-state index contributed by atoms with van der Waals surface area (Å²) in [6, 6.07) is 17.0. The van der Waals surface area contributed by atoms with Crippen LogP contribution in [0.1, 0.15) is 44.7 Å². The van der Waals surface area contributed by atoms with Gasteiger partial charge in [-0.1, -0.05) is 49.4 Å². The number of aryl methyl sites for hydroxylation is 1. The second kappa shape index (κ2) is 11.2. The molecule has 2 rings (SSSR count). The van der Waals surface area contributed by atoms with E-state index in [0.29, 0.717) is 19.4 Å². The van der Waals surface area contributed by atoms with E-state index in [2.05, 4.69) is 5.32 Å². The van der Waals surface area contributed by atoms with Crippen molar-refractivity contribution in [3.05, 3.63) is 65.7 Å². The lowest BCUT2D eigenvalue weighted by molar-refractivity contribution is -0.140. The number of benzene rings is 2. The molecule has 0 saturated carbocycles. The average Bonchev–Trinajstić information content (AvgIpc) is 2.76. The Balaban J connectivity index is 2.13. The summed E-state index contributed by atoms with van der Waals surface area (Å²) in [4.78, 5) is 27.4. The van der Waals surface area contributed by atoms with E-state index in [1.54, 1.807) is 18.9 Å². The molecule has 0 saturated heterocycles. The van der Waals surface area contributed by atoms with Gasteiger partial charge < -0.3 is 15.0 Å². The van der Waals surface area contributed by atoms with Crippen molar-refractivity contribution < 1.29 is 14.3 Å². The lowest BCUT2D eigenvalue weighted by Crippen LogP contribution is -2.49. The quantitative estimate of drug-likeness (QED) is 0.661. The molecule has 0 aliphatic carbocycles. The van der Waals surface area contributed by atoms with Gasteiger partial charge in [0.15, 0.2) is 0 Å². The predicted molar refractivity (Wildman–Crippen MR) is 116 cm³/mol. The fraction of sp³-hybridized carbons (Fsp3) is 0.417. The normalized spacial score (nSPS) is 12.7. The molecule has 0 bridgehead atoms. The van der Waals surface area contributed by atoms with Crippen LogP contribution in [0.4, 0.5) is 0 Å². The van der Waals surface area contributed by atoms with Crippen molar-refractivity contribution in [3.63, 3.8) is 0 Å². The van der Waals surface area contributed by atoms with E-state index in [4.69, 9.17) is 4.74 Å².